The third-order valence-electron chi connectivity index (χ3n) is 5.08. The maximum atomic E-state index is 12.8. The quantitative estimate of drug-likeness (QED) is 0.636. The monoisotopic (exact) mass is 411 g/mol. The molecule has 150 valence electrons. The van der Waals surface area contributed by atoms with Gasteiger partial charge in [-0.2, -0.15) is 0 Å². The summed E-state index contributed by atoms with van der Waals surface area (Å²) >= 11 is 5.95. The van der Waals surface area contributed by atoms with Gasteiger partial charge in [0.25, 0.3) is 5.91 Å². The van der Waals surface area contributed by atoms with Crippen molar-refractivity contribution in [3.63, 3.8) is 0 Å². The van der Waals surface area contributed by atoms with Gasteiger partial charge in [0.1, 0.15) is 5.75 Å². The summed E-state index contributed by atoms with van der Waals surface area (Å²) in [4.78, 5) is 17.0. The van der Waals surface area contributed by atoms with Gasteiger partial charge < -0.3 is 14.2 Å². The van der Waals surface area contributed by atoms with Crippen LogP contribution in [-0.4, -0.2) is 54.2 Å². The minimum atomic E-state index is -0.110. The molecule has 1 fully saturated rings. The molecule has 2 heterocycles. The highest BCUT2D eigenvalue weighted by Crippen LogP contribution is 2.30. The molecule has 3 aromatic rings. The first-order valence-corrected chi connectivity index (χ1v) is 9.88. The standard InChI is InChI=1S/C22H22ClN3O3/c1-28-20-5-3-2-4-18(20)21-14-19(24-29-21)22(27)26-12-10-25(11-13-26)15-16-6-8-17(23)9-7-16/h2-9,14H,10-13,15H2,1H3. The van der Waals surface area contributed by atoms with Crippen LogP contribution in [0.3, 0.4) is 0 Å². The molecule has 29 heavy (non-hydrogen) atoms. The van der Waals surface area contributed by atoms with Crippen molar-refractivity contribution in [1.29, 1.82) is 0 Å². The fourth-order valence-corrected chi connectivity index (χ4v) is 3.60. The van der Waals surface area contributed by atoms with Gasteiger partial charge in [-0.25, -0.2) is 0 Å². The van der Waals surface area contributed by atoms with E-state index >= 15 is 0 Å². The van der Waals surface area contributed by atoms with Gasteiger partial charge in [0.2, 0.25) is 0 Å². The van der Waals surface area contributed by atoms with Crippen LogP contribution >= 0.6 is 11.6 Å². The van der Waals surface area contributed by atoms with E-state index in [1.165, 1.54) is 5.56 Å². The van der Waals surface area contributed by atoms with E-state index in [1.807, 2.05) is 53.4 Å². The maximum Gasteiger partial charge on any atom is 0.276 e. The second-order valence-corrected chi connectivity index (χ2v) is 7.41. The Morgan fingerprint density at radius 1 is 1.10 bits per heavy atom. The molecular weight excluding hydrogens is 390 g/mol. The number of methoxy groups -OCH3 is 1. The van der Waals surface area contributed by atoms with E-state index in [0.29, 0.717) is 30.3 Å². The van der Waals surface area contributed by atoms with E-state index in [-0.39, 0.29) is 5.91 Å². The van der Waals surface area contributed by atoms with Crippen molar-refractivity contribution in [2.45, 2.75) is 6.54 Å². The molecule has 0 aliphatic carbocycles. The number of halogens is 1. The Labute approximate surface area is 174 Å². The Kier molecular flexibility index (Phi) is 5.83. The molecule has 0 bridgehead atoms. The van der Waals surface area contributed by atoms with Crippen LogP contribution in [0.15, 0.2) is 59.1 Å². The number of amides is 1. The van der Waals surface area contributed by atoms with Crippen LogP contribution in [0.5, 0.6) is 5.75 Å². The van der Waals surface area contributed by atoms with E-state index in [9.17, 15) is 4.79 Å². The van der Waals surface area contributed by atoms with Gasteiger partial charge in [-0.1, -0.05) is 41.0 Å². The minimum Gasteiger partial charge on any atom is -0.496 e. The molecule has 1 saturated heterocycles. The van der Waals surface area contributed by atoms with Crippen molar-refractivity contribution >= 4 is 17.5 Å². The van der Waals surface area contributed by atoms with Crippen LogP contribution < -0.4 is 4.74 Å². The Morgan fingerprint density at radius 2 is 1.83 bits per heavy atom. The third-order valence-corrected chi connectivity index (χ3v) is 5.33. The minimum absolute atomic E-state index is 0.110. The number of ether oxygens (including phenoxy) is 1. The van der Waals surface area contributed by atoms with Crippen molar-refractivity contribution in [2.24, 2.45) is 0 Å². The second-order valence-electron chi connectivity index (χ2n) is 6.97. The molecule has 0 saturated carbocycles. The SMILES string of the molecule is COc1ccccc1-c1cc(C(=O)N2CCN(Cc3ccc(Cl)cc3)CC2)no1. The Balaban J connectivity index is 1.37. The van der Waals surface area contributed by atoms with Gasteiger partial charge in [-0.05, 0) is 29.8 Å². The number of hydrogen-bond donors (Lipinski definition) is 0. The zero-order chi connectivity index (χ0) is 20.2. The number of nitrogens with zero attached hydrogens (tertiary/aromatic N) is 3. The predicted octanol–water partition coefficient (Wildman–Crippen LogP) is 3.96. The predicted molar refractivity (Wildman–Crippen MR) is 111 cm³/mol. The molecule has 2 aromatic carbocycles. The highest BCUT2D eigenvalue weighted by atomic mass is 35.5. The van der Waals surface area contributed by atoms with Crippen LogP contribution in [0.2, 0.25) is 5.02 Å². The molecule has 0 atom stereocenters. The Morgan fingerprint density at radius 3 is 2.55 bits per heavy atom. The van der Waals surface area contributed by atoms with Crippen molar-refractivity contribution < 1.29 is 14.1 Å². The number of carbonyl (C=O) groups is 1. The lowest BCUT2D eigenvalue weighted by Gasteiger charge is -2.34. The zero-order valence-electron chi connectivity index (χ0n) is 16.2. The lowest BCUT2D eigenvalue weighted by atomic mass is 10.1. The number of hydrogen-bond acceptors (Lipinski definition) is 5. The van der Waals surface area contributed by atoms with Crippen LogP contribution in [-0.2, 0) is 6.54 Å². The van der Waals surface area contributed by atoms with E-state index in [0.717, 1.165) is 30.2 Å². The summed E-state index contributed by atoms with van der Waals surface area (Å²) in [5.41, 5.74) is 2.30. The zero-order valence-corrected chi connectivity index (χ0v) is 16.9. The van der Waals surface area contributed by atoms with Gasteiger partial charge >= 0.3 is 0 Å². The van der Waals surface area contributed by atoms with Gasteiger partial charge in [0.15, 0.2) is 11.5 Å². The summed E-state index contributed by atoms with van der Waals surface area (Å²) in [7, 11) is 1.60. The molecule has 1 aliphatic rings. The molecular formula is C22H22ClN3O3. The average Bonchev–Trinajstić information content (AvgIpc) is 3.25. The van der Waals surface area contributed by atoms with Crippen LogP contribution in [0.4, 0.5) is 0 Å². The largest absolute Gasteiger partial charge is 0.496 e. The normalized spacial score (nSPS) is 14.8. The molecule has 0 N–H and O–H groups in total. The number of benzene rings is 2. The molecule has 1 aromatic heterocycles. The smallest absolute Gasteiger partial charge is 0.276 e. The molecule has 7 heteroatoms. The van der Waals surface area contributed by atoms with Crippen molar-refractivity contribution in [3.05, 3.63) is 70.9 Å². The molecule has 6 nitrogen and oxygen atoms in total. The van der Waals surface area contributed by atoms with E-state index in [1.54, 1.807) is 13.2 Å². The first-order chi connectivity index (χ1) is 14.1. The summed E-state index contributed by atoms with van der Waals surface area (Å²) < 4.78 is 10.8. The first-order valence-electron chi connectivity index (χ1n) is 9.50. The second kappa shape index (κ2) is 8.68. The summed E-state index contributed by atoms with van der Waals surface area (Å²) in [5, 5.41) is 4.73. The van der Waals surface area contributed by atoms with E-state index < -0.39 is 0 Å². The summed E-state index contributed by atoms with van der Waals surface area (Å²) in [5.74, 6) is 1.09. The highest BCUT2D eigenvalue weighted by Gasteiger charge is 2.25. The summed E-state index contributed by atoms with van der Waals surface area (Å²) in [6, 6.07) is 17.1. The topological polar surface area (TPSA) is 58.8 Å². The molecule has 4 rings (SSSR count). The van der Waals surface area contributed by atoms with Gasteiger partial charge in [-0.3, -0.25) is 9.69 Å². The highest BCUT2D eigenvalue weighted by molar-refractivity contribution is 6.30. The molecule has 1 amide bonds. The fraction of sp³-hybridized carbons (Fsp3) is 0.273. The van der Waals surface area contributed by atoms with E-state index in [2.05, 4.69) is 10.1 Å². The van der Waals surface area contributed by atoms with Gasteiger partial charge in [-0.15, -0.1) is 0 Å². The van der Waals surface area contributed by atoms with Crippen LogP contribution in [0.25, 0.3) is 11.3 Å². The Hall–Kier alpha value is -2.83. The fourth-order valence-electron chi connectivity index (χ4n) is 3.47. The van der Waals surface area contributed by atoms with Crippen molar-refractivity contribution in [2.75, 3.05) is 33.3 Å². The third kappa shape index (κ3) is 4.44. The van der Waals surface area contributed by atoms with E-state index in [4.69, 9.17) is 20.9 Å². The molecule has 0 unspecified atom stereocenters. The number of para-hydroxylation sites is 1. The van der Waals surface area contributed by atoms with Gasteiger partial charge in [0.05, 0.1) is 12.7 Å². The lowest BCUT2D eigenvalue weighted by Crippen LogP contribution is -2.48. The number of rotatable bonds is 5. The number of piperazine rings is 1. The maximum absolute atomic E-state index is 12.8. The number of aromatic nitrogens is 1. The van der Waals surface area contributed by atoms with Gasteiger partial charge in [0, 0.05) is 43.8 Å². The summed E-state index contributed by atoms with van der Waals surface area (Å²) in [6.07, 6.45) is 0. The van der Waals surface area contributed by atoms with Crippen molar-refractivity contribution in [3.8, 4) is 17.1 Å². The molecule has 0 spiro atoms. The molecule has 1 aliphatic heterocycles. The molecule has 0 radical (unpaired) electrons. The van der Waals surface area contributed by atoms with Crippen LogP contribution in [0, 0.1) is 0 Å². The summed E-state index contributed by atoms with van der Waals surface area (Å²) in [6.45, 7) is 3.78. The lowest BCUT2D eigenvalue weighted by molar-refractivity contribution is 0.0618. The average molecular weight is 412 g/mol. The number of carbonyl (C=O) groups excluding carboxylic acids is 1. The Bertz CT molecular complexity index is 979. The first kappa shape index (κ1) is 19.5. The van der Waals surface area contributed by atoms with Crippen LogP contribution in [0.1, 0.15) is 16.1 Å². The van der Waals surface area contributed by atoms with Crippen molar-refractivity contribution in [1.82, 2.24) is 15.0 Å².